The van der Waals surface area contributed by atoms with Crippen molar-refractivity contribution >= 4 is 11.7 Å². The first-order valence-corrected chi connectivity index (χ1v) is 7.57. The lowest BCUT2D eigenvalue weighted by atomic mass is 9.94. The molecule has 2 aliphatic rings. The molecule has 0 unspecified atom stereocenters. The van der Waals surface area contributed by atoms with Gasteiger partial charge >= 0.3 is 0 Å². The topological polar surface area (TPSA) is 59.8 Å². The summed E-state index contributed by atoms with van der Waals surface area (Å²) >= 11 is 0. The number of furan rings is 1. The zero-order valence-electron chi connectivity index (χ0n) is 12.8. The lowest BCUT2D eigenvalue weighted by Gasteiger charge is -2.34. The fourth-order valence-corrected chi connectivity index (χ4v) is 3.34. The second-order valence-corrected chi connectivity index (χ2v) is 6.10. The largest absolute Gasteiger partial charge is 0.455 e. The molecular formula is C16H21NO4. The Morgan fingerprint density at radius 1 is 1.19 bits per heavy atom. The van der Waals surface area contributed by atoms with E-state index >= 15 is 0 Å². The van der Waals surface area contributed by atoms with Crippen molar-refractivity contribution in [1.29, 1.82) is 0 Å². The Labute approximate surface area is 124 Å². The number of Topliss-reactive ketones (excluding diaryl/α,β-unsaturated/α-hetero) is 1. The lowest BCUT2D eigenvalue weighted by Crippen LogP contribution is -2.48. The number of nitrogens with zero attached hydrogens (tertiary/aromatic N) is 1. The fourth-order valence-electron chi connectivity index (χ4n) is 3.34. The first-order chi connectivity index (χ1) is 9.97. The van der Waals surface area contributed by atoms with Crippen LogP contribution < -0.4 is 0 Å². The van der Waals surface area contributed by atoms with Crippen LogP contribution in [-0.4, -0.2) is 41.9 Å². The van der Waals surface area contributed by atoms with E-state index in [-0.39, 0.29) is 23.9 Å². The molecule has 5 heteroatoms. The maximum atomic E-state index is 12.7. The molecule has 2 atom stereocenters. The number of ketones is 1. The highest BCUT2D eigenvalue weighted by Gasteiger charge is 2.33. The van der Waals surface area contributed by atoms with Gasteiger partial charge in [-0.2, -0.15) is 0 Å². The molecule has 0 bridgehead atoms. The fraction of sp³-hybridized carbons (Fsp3) is 0.625. The van der Waals surface area contributed by atoms with Crippen LogP contribution in [0.4, 0.5) is 0 Å². The van der Waals surface area contributed by atoms with Crippen molar-refractivity contribution in [2.75, 3.05) is 13.1 Å². The molecule has 2 heterocycles. The molecule has 1 aliphatic carbocycles. The molecule has 1 saturated heterocycles. The van der Waals surface area contributed by atoms with Crippen LogP contribution >= 0.6 is 0 Å². The van der Waals surface area contributed by atoms with Crippen molar-refractivity contribution in [3.63, 3.8) is 0 Å². The maximum absolute atomic E-state index is 12.7. The van der Waals surface area contributed by atoms with E-state index in [1.165, 1.54) is 0 Å². The zero-order valence-corrected chi connectivity index (χ0v) is 12.8. The molecule has 0 saturated carbocycles. The second-order valence-electron chi connectivity index (χ2n) is 6.10. The SMILES string of the molecule is Cc1c(C(=O)N2C[C@@H](C)O[C@@H](C)C2)oc2c1C(=O)CCC2. The Balaban J connectivity index is 1.90. The number of amides is 1. The Hall–Kier alpha value is -1.62. The van der Waals surface area contributed by atoms with Crippen molar-refractivity contribution in [3.05, 3.63) is 22.6 Å². The summed E-state index contributed by atoms with van der Waals surface area (Å²) in [5.74, 6) is 0.981. The number of fused-ring (bicyclic) bond motifs is 1. The van der Waals surface area contributed by atoms with E-state index in [1.807, 2.05) is 20.8 Å². The Morgan fingerprint density at radius 2 is 1.86 bits per heavy atom. The van der Waals surface area contributed by atoms with Gasteiger partial charge in [-0.05, 0) is 27.2 Å². The number of hydrogen-bond donors (Lipinski definition) is 0. The third kappa shape index (κ3) is 2.50. The number of carbonyl (C=O) groups is 2. The molecule has 5 nitrogen and oxygen atoms in total. The summed E-state index contributed by atoms with van der Waals surface area (Å²) in [7, 11) is 0. The van der Waals surface area contributed by atoms with E-state index in [4.69, 9.17) is 9.15 Å². The molecule has 0 aromatic carbocycles. The summed E-state index contributed by atoms with van der Waals surface area (Å²) in [4.78, 5) is 26.5. The van der Waals surface area contributed by atoms with Crippen molar-refractivity contribution in [1.82, 2.24) is 4.90 Å². The predicted octanol–water partition coefficient (Wildman–Crippen LogP) is 2.36. The normalized spacial score (nSPS) is 25.9. The number of morpholine rings is 1. The lowest BCUT2D eigenvalue weighted by molar-refractivity contribution is -0.0592. The average molecular weight is 291 g/mol. The Bertz CT molecular complexity index is 579. The Kier molecular flexibility index (Phi) is 3.61. The van der Waals surface area contributed by atoms with Gasteiger partial charge in [-0.3, -0.25) is 9.59 Å². The zero-order chi connectivity index (χ0) is 15.1. The molecule has 1 fully saturated rings. The van der Waals surface area contributed by atoms with Gasteiger partial charge in [0.15, 0.2) is 11.5 Å². The molecule has 0 N–H and O–H groups in total. The van der Waals surface area contributed by atoms with Gasteiger partial charge in [-0.25, -0.2) is 0 Å². The van der Waals surface area contributed by atoms with Crippen molar-refractivity contribution < 1.29 is 18.7 Å². The molecule has 21 heavy (non-hydrogen) atoms. The van der Waals surface area contributed by atoms with Gasteiger partial charge in [-0.15, -0.1) is 0 Å². The van der Waals surface area contributed by atoms with Crippen LogP contribution in [0.3, 0.4) is 0 Å². The molecule has 1 amide bonds. The number of aryl methyl sites for hydroxylation is 1. The second kappa shape index (κ2) is 5.30. The molecule has 1 aromatic rings. The standard InChI is InChI=1S/C16H21NO4/c1-9-7-17(8-10(2)20-9)16(19)15-11(3)14-12(18)5-4-6-13(14)21-15/h9-10H,4-8H2,1-3H3/t9-,10+. The van der Waals surface area contributed by atoms with Crippen LogP contribution in [0.2, 0.25) is 0 Å². The van der Waals surface area contributed by atoms with E-state index in [2.05, 4.69) is 0 Å². The van der Waals surface area contributed by atoms with Crippen LogP contribution in [0.25, 0.3) is 0 Å². The summed E-state index contributed by atoms with van der Waals surface area (Å²) in [5.41, 5.74) is 1.34. The van der Waals surface area contributed by atoms with Gasteiger partial charge in [0.2, 0.25) is 0 Å². The quantitative estimate of drug-likeness (QED) is 0.797. The van der Waals surface area contributed by atoms with E-state index in [9.17, 15) is 9.59 Å². The first-order valence-electron chi connectivity index (χ1n) is 7.57. The predicted molar refractivity (Wildman–Crippen MR) is 76.6 cm³/mol. The molecule has 0 spiro atoms. The summed E-state index contributed by atoms with van der Waals surface area (Å²) in [6, 6.07) is 0. The van der Waals surface area contributed by atoms with Gasteiger partial charge < -0.3 is 14.1 Å². The molecule has 1 aliphatic heterocycles. The summed E-state index contributed by atoms with van der Waals surface area (Å²) < 4.78 is 11.4. The highest BCUT2D eigenvalue weighted by molar-refractivity contribution is 6.03. The van der Waals surface area contributed by atoms with Gasteiger partial charge in [0, 0.05) is 31.5 Å². The van der Waals surface area contributed by atoms with E-state index in [1.54, 1.807) is 4.90 Å². The van der Waals surface area contributed by atoms with Gasteiger partial charge in [-0.1, -0.05) is 0 Å². The van der Waals surface area contributed by atoms with Gasteiger partial charge in [0.25, 0.3) is 5.91 Å². The minimum atomic E-state index is -0.128. The monoisotopic (exact) mass is 291 g/mol. The van der Waals surface area contributed by atoms with Crippen LogP contribution in [0.1, 0.15) is 58.9 Å². The molecule has 1 aromatic heterocycles. The highest BCUT2D eigenvalue weighted by Crippen LogP contribution is 2.30. The summed E-state index contributed by atoms with van der Waals surface area (Å²) in [6.45, 7) is 6.84. The molecule has 3 rings (SSSR count). The first kappa shape index (κ1) is 14.3. The van der Waals surface area contributed by atoms with Gasteiger partial charge in [0.05, 0.1) is 17.8 Å². The van der Waals surface area contributed by atoms with E-state index in [0.29, 0.717) is 42.2 Å². The average Bonchev–Trinajstić information content (AvgIpc) is 2.75. The summed E-state index contributed by atoms with van der Waals surface area (Å²) in [5, 5.41) is 0. The maximum Gasteiger partial charge on any atom is 0.290 e. The molecular weight excluding hydrogens is 270 g/mol. The smallest absolute Gasteiger partial charge is 0.290 e. The van der Waals surface area contributed by atoms with Gasteiger partial charge in [0.1, 0.15) is 5.76 Å². The van der Waals surface area contributed by atoms with Crippen LogP contribution in [-0.2, 0) is 11.2 Å². The van der Waals surface area contributed by atoms with Crippen molar-refractivity contribution in [2.45, 2.75) is 52.2 Å². The van der Waals surface area contributed by atoms with Crippen molar-refractivity contribution in [2.24, 2.45) is 0 Å². The minimum absolute atomic E-state index is 0.0178. The summed E-state index contributed by atoms with van der Waals surface area (Å²) in [6.07, 6.45) is 2.13. The number of ether oxygens (including phenoxy) is 1. The van der Waals surface area contributed by atoms with E-state index < -0.39 is 0 Å². The van der Waals surface area contributed by atoms with Crippen molar-refractivity contribution in [3.8, 4) is 0 Å². The van der Waals surface area contributed by atoms with Crippen LogP contribution in [0.5, 0.6) is 0 Å². The number of rotatable bonds is 1. The van der Waals surface area contributed by atoms with Crippen LogP contribution in [0, 0.1) is 6.92 Å². The highest BCUT2D eigenvalue weighted by atomic mass is 16.5. The van der Waals surface area contributed by atoms with E-state index in [0.717, 1.165) is 12.8 Å². The molecule has 0 radical (unpaired) electrons. The molecule has 114 valence electrons. The number of carbonyl (C=O) groups excluding carboxylic acids is 2. The Morgan fingerprint density at radius 3 is 2.48 bits per heavy atom. The number of hydrogen-bond acceptors (Lipinski definition) is 4. The third-order valence-corrected chi connectivity index (χ3v) is 4.21. The third-order valence-electron chi connectivity index (χ3n) is 4.21. The van der Waals surface area contributed by atoms with Crippen LogP contribution in [0.15, 0.2) is 4.42 Å². The minimum Gasteiger partial charge on any atom is -0.455 e.